The third-order valence-corrected chi connectivity index (χ3v) is 5.81. The van der Waals surface area contributed by atoms with Crippen molar-refractivity contribution in [1.82, 2.24) is 0 Å². The summed E-state index contributed by atoms with van der Waals surface area (Å²) in [7, 11) is -3.07. The molecule has 0 saturated heterocycles. The quantitative estimate of drug-likeness (QED) is 0.803. The predicted octanol–water partition coefficient (Wildman–Crippen LogP) is 3.07. The molecule has 5 nitrogen and oxygen atoms in total. The van der Waals surface area contributed by atoms with Crippen molar-refractivity contribution in [3.63, 3.8) is 0 Å². The van der Waals surface area contributed by atoms with Crippen LogP contribution in [0.15, 0.2) is 47.3 Å². The lowest BCUT2D eigenvalue weighted by atomic mass is 10.1. The first kappa shape index (κ1) is 15.8. The first-order valence-corrected chi connectivity index (χ1v) is 9.41. The van der Waals surface area contributed by atoms with Crippen LogP contribution in [0.25, 0.3) is 11.1 Å². The number of benzene rings is 1. The van der Waals surface area contributed by atoms with E-state index in [0.29, 0.717) is 24.8 Å². The van der Waals surface area contributed by atoms with Crippen molar-refractivity contribution < 1.29 is 22.4 Å². The molecule has 23 heavy (non-hydrogen) atoms. The molecule has 0 bridgehead atoms. The number of esters is 1. The van der Waals surface area contributed by atoms with Crippen LogP contribution in [0.5, 0.6) is 0 Å². The lowest BCUT2D eigenvalue weighted by Gasteiger charge is -2.12. The maximum Gasteiger partial charge on any atom is 0.338 e. The van der Waals surface area contributed by atoms with E-state index in [4.69, 9.17) is 9.15 Å². The fourth-order valence-corrected chi connectivity index (χ4v) is 4.00. The van der Waals surface area contributed by atoms with Gasteiger partial charge in [0.2, 0.25) is 0 Å². The van der Waals surface area contributed by atoms with Gasteiger partial charge in [0.1, 0.15) is 15.9 Å². The van der Waals surface area contributed by atoms with E-state index in [1.54, 1.807) is 30.7 Å². The van der Waals surface area contributed by atoms with E-state index in [1.807, 2.05) is 12.1 Å². The highest BCUT2D eigenvalue weighted by Crippen LogP contribution is 2.28. The topological polar surface area (TPSA) is 73.6 Å². The summed E-state index contributed by atoms with van der Waals surface area (Å²) < 4.78 is 33.6. The Kier molecular flexibility index (Phi) is 4.26. The van der Waals surface area contributed by atoms with Gasteiger partial charge in [-0.15, -0.1) is 0 Å². The zero-order valence-electron chi connectivity index (χ0n) is 12.8. The maximum absolute atomic E-state index is 12.3. The first-order chi connectivity index (χ1) is 10.9. The summed E-state index contributed by atoms with van der Waals surface area (Å²) in [5.41, 5.74) is 2.21. The van der Waals surface area contributed by atoms with Gasteiger partial charge in [-0.1, -0.05) is 12.1 Å². The highest BCUT2D eigenvalue weighted by Gasteiger charge is 2.33. The van der Waals surface area contributed by atoms with E-state index >= 15 is 0 Å². The molecule has 2 atom stereocenters. The Balaban J connectivity index is 1.69. The number of furan rings is 1. The summed E-state index contributed by atoms with van der Waals surface area (Å²) in [6.07, 6.45) is 5.60. The van der Waals surface area contributed by atoms with E-state index < -0.39 is 21.1 Å². The monoisotopic (exact) mass is 334 g/mol. The lowest BCUT2D eigenvalue weighted by Crippen LogP contribution is -2.20. The number of sulfone groups is 1. The molecule has 1 heterocycles. The fourth-order valence-electron chi connectivity index (χ4n) is 2.87. The maximum atomic E-state index is 12.3. The van der Waals surface area contributed by atoms with Crippen molar-refractivity contribution in [3.05, 3.63) is 48.4 Å². The van der Waals surface area contributed by atoms with Crippen LogP contribution in [-0.2, 0) is 14.6 Å². The molecular formula is C17H18O5S. The molecule has 1 aliphatic rings. The standard InChI is InChI=1S/C17H18O5S/c1-23(19,20)16-6-5-15(10-16)22-17(18)13-4-2-3-12(9-13)14-7-8-21-11-14/h2-4,7-9,11,15-16H,5-6,10H2,1H3/t15-,16-/m1/s1. The van der Waals surface area contributed by atoms with Gasteiger partial charge in [0.25, 0.3) is 0 Å². The van der Waals surface area contributed by atoms with Crippen LogP contribution in [0.2, 0.25) is 0 Å². The third-order valence-electron chi connectivity index (χ3n) is 4.17. The SMILES string of the molecule is CS(=O)(=O)[C@@H]1CC[C@@H](OC(=O)c2cccc(-c3ccoc3)c2)C1. The number of carbonyl (C=O) groups is 1. The molecule has 0 radical (unpaired) electrons. The van der Waals surface area contributed by atoms with Crippen molar-refractivity contribution in [3.8, 4) is 11.1 Å². The minimum absolute atomic E-state index is 0.334. The predicted molar refractivity (Wildman–Crippen MR) is 85.8 cm³/mol. The van der Waals surface area contributed by atoms with Gasteiger partial charge < -0.3 is 9.15 Å². The van der Waals surface area contributed by atoms with Gasteiger partial charge in [-0.05, 0) is 36.6 Å². The average molecular weight is 334 g/mol. The summed E-state index contributed by atoms with van der Waals surface area (Å²) in [6, 6.07) is 8.92. The highest BCUT2D eigenvalue weighted by atomic mass is 32.2. The Bertz CT molecular complexity index is 792. The highest BCUT2D eigenvalue weighted by molar-refractivity contribution is 7.91. The number of hydrogen-bond acceptors (Lipinski definition) is 5. The summed E-state index contributed by atoms with van der Waals surface area (Å²) in [6.45, 7) is 0. The molecule has 3 rings (SSSR count). The Morgan fingerprint density at radius 1 is 1.22 bits per heavy atom. The molecule has 6 heteroatoms. The lowest BCUT2D eigenvalue weighted by molar-refractivity contribution is 0.0318. The Morgan fingerprint density at radius 2 is 2.04 bits per heavy atom. The summed E-state index contributed by atoms with van der Waals surface area (Å²) in [4.78, 5) is 12.3. The summed E-state index contributed by atoms with van der Waals surface area (Å²) in [5.74, 6) is -0.422. The molecule has 1 saturated carbocycles. The Labute approximate surface area is 135 Å². The van der Waals surface area contributed by atoms with Crippen LogP contribution in [0.4, 0.5) is 0 Å². The van der Waals surface area contributed by atoms with E-state index in [9.17, 15) is 13.2 Å². The normalized spacial score (nSPS) is 21.3. The van der Waals surface area contributed by atoms with Crippen LogP contribution in [0.3, 0.4) is 0 Å². The minimum atomic E-state index is -3.07. The van der Waals surface area contributed by atoms with E-state index in [-0.39, 0.29) is 6.10 Å². The summed E-state index contributed by atoms with van der Waals surface area (Å²) >= 11 is 0. The molecule has 1 aromatic heterocycles. The van der Waals surface area contributed by atoms with Gasteiger partial charge in [-0.2, -0.15) is 0 Å². The van der Waals surface area contributed by atoms with Gasteiger partial charge in [-0.3, -0.25) is 0 Å². The van der Waals surface area contributed by atoms with Crippen LogP contribution in [0.1, 0.15) is 29.6 Å². The van der Waals surface area contributed by atoms with Crippen molar-refractivity contribution >= 4 is 15.8 Å². The van der Waals surface area contributed by atoms with Crippen molar-refractivity contribution in [2.45, 2.75) is 30.6 Å². The molecular weight excluding hydrogens is 316 g/mol. The Hall–Kier alpha value is -2.08. The smallest absolute Gasteiger partial charge is 0.338 e. The second-order valence-electron chi connectivity index (χ2n) is 5.88. The third kappa shape index (κ3) is 3.64. The van der Waals surface area contributed by atoms with E-state index in [2.05, 4.69) is 0 Å². The van der Waals surface area contributed by atoms with Gasteiger partial charge in [-0.25, -0.2) is 13.2 Å². The number of hydrogen-bond donors (Lipinski definition) is 0. The van der Waals surface area contributed by atoms with Crippen LogP contribution in [0, 0.1) is 0 Å². The van der Waals surface area contributed by atoms with Gasteiger partial charge >= 0.3 is 5.97 Å². The molecule has 2 aromatic rings. The van der Waals surface area contributed by atoms with Crippen molar-refractivity contribution in [1.29, 1.82) is 0 Å². The van der Waals surface area contributed by atoms with Crippen LogP contribution >= 0.6 is 0 Å². The molecule has 0 spiro atoms. The van der Waals surface area contributed by atoms with E-state index in [0.717, 1.165) is 11.1 Å². The minimum Gasteiger partial charge on any atom is -0.472 e. The van der Waals surface area contributed by atoms with Crippen molar-refractivity contribution in [2.75, 3.05) is 6.26 Å². The largest absolute Gasteiger partial charge is 0.472 e. The molecule has 1 fully saturated rings. The zero-order chi connectivity index (χ0) is 16.4. The zero-order valence-corrected chi connectivity index (χ0v) is 13.6. The molecule has 0 aliphatic heterocycles. The second kappa shape index (κ2) is 6.20. The van der Waals surface area contributed by atoms with Crippen LogP contribution < -0.4 is 0 Å². The average Bonchev–Trinajstić information content (AvgIpc) is 3.18. The van der Waals surface area contributed by atoms with Crippen molar-refractivity contribution in [2.24, 2.45) is 0 Å². The van der Waals surface area contributed by atoms with Gasteiger partial charge in [0.05, 0.1) is 23.3 Å². The molecule has 122 valence electrons. The Morgan fingerprint density at radius 3 is 2.70 bits per heavy atom. The molecule has 0 unspecified atom stereocenters. The van der Waals surface area contributed by atoms with E-state index in [1.165, 1.54) is 6.26 Å². The van der Waals surface area contributed by atoms with Crippen LogP contribution in [-0.4, -0.2) is 32.0 Å². The van der Waals surface area contributed by atoms with Gasteiger partial charge in [0, 0.05) is 18.2 Å². The second-order valence-corrected chi connectivity index (χ2v) is 8.21. The fraction of sp³-hybridized carbons (Fsp3) is 0.353. The molecule has 1 aromatic carbocycles. The summed E-state index contributed by atoms with van der Waals surface area (Å²) in [5, 5.41) is -0.405. The number of ether oxygens (including phenoxy) is 1. The number of rotatable bonds is 4. The number of carbonyl (C=O) groups excluding carboxylic acids is 1. The molecule has 0 N–H and O–H groups in total. The molecule has 1 aliphatic carbocycles. The molecule has 0 amide bonds. The first-order valence-electron chi connectivity index (χ1n) is 7.46. The van der Waals surface area contributed by atoms with Gasteiger partial charge in [0.15, 0.2) is 0 Å².